The third kappa shape index (κ3) is 9.90. The maximum Gasteiger partial charge on any atom is 0.244 e. The molecule has 0 aliphatic carbocycles. The number of hydrogen-bond donors (Lipinski definition) is 1. The van der Waals surface area contributed by atoms with Crippen molar-refractivity contribution in [1.29, 1.82) is 0 Å². The van der Waals surface area contributed by atoms with Gasteiger partial charge in [-0.2, -0.15) is 0 Å². The molecule has 0 aliphatic rings. The molecule has 0 saturated heterocycles. The second-order valence-corrected chi connectivity index (χ2v) is 14.0. The van der Waals surface area contributed by atoms with E-state index in [1.54, 1.807) is 36.4 Å². The van der Waals surface area contributed by atoms with Crippen LogP contribution in [0.2, 0.25) is 0 Å². The fourth-order valence-corrected chi connectivity index (χ4v) is 5.73. The molecule has 0 aromatic heterocycles. The average molecular weight is 646 g/mol. The number of anilines is 1. The van der Waals surface area contributed by atoms with Crippen molar-refractivity contribution in [2.75, 3.05) is 17.1 Å². The summed E-state index contributed by atoms with van der Waals surface area (Å²) >= 11 is 0. The normalized spacial score (nSPS) is 12.2. The van der Waals surface area contributed by atoms with Gasteiger partial charge in [-0.1, -0.05) is 78.9 Å². The van der Waals surface area contributed by atoms with E-state index in [0.717, 1.165) is 21.7 Å². The number of nitrogens with one attached hydrogen (secondary N) is 1. The van der Waals surface area contributed by atoms with Gasteiger partial charge in [0.2, 0.25) is 21.8 Å². The number of ether oxygens (including phenoxy) is 1. The van der Waals surface area contributed by atoms with Gasteiger partial charge in [-0.3, -0.25) is 13.9 Å². The third-order valence-electron chi connectivity index (χ3n) is 7.12. The number of amides is 2. The molecular formula is C36H40FN3O5S. The number of carbonyl (C=O) groups is 2. The van der Waals surface area contributed by atoms with Gasteiger partial charge in [0.05, 0.1) is 11.9 Å². The molecule has 0 aliphatic heterocycles. The number of benzene rings is 4. The Kier molecular flexibility index (Phi) is 11.2. The minimum absolute atomic E-state index is 0.134. The van der Waals surface area contributed by atoms with Crippen LogP contribution in [-0.4, -0.2) is 49.5 Å². The molecule has 10 heteroatoms. The van der Waals surface area contributed by atoms with Crippen LogP contribution < -0.4 is 14.4 Å². The Morgan fingerprint density at radius 1 is 0.826 bits per heavy atom. The first-order valence-electron chi connectivity index (χ1n) is 14.9. The van der Waals surface area contributed by atoms with E-state index in [-0.39, 0.29) is 24.2 Å². The van der Waals surface area contributed by atoms with Crippen LogP contribution in [0.15, 0.2) is 109 Å². The molecule has 0 heterocycles. The highest BCUT2D eigenvalue weighted by atomic mass is 32.2. The lowest BCUT2D eigenvalue weighted by Crippen LogP contribution is -2.56. The van der Waals surface area contributed by atoms with Crippen LogP contribution >= 0.6 is 0 Å². The number of halogens is 1. The second-order valence-electron chi connectivity index (χ2n) is 12.1. The Labute approximate surface area is 270 Å². The zero-order valence-corrected chi connectivity index (χ0v) is 27.3. The molecule has 0 saturated carbocycles. The van der Waals surface area contributed by atoms with Gasteiger partial charge < -0.3 is 15.0 Å². The summed E-state index contributed by atoms with van der Waals surface area (Å²) in [5.41, 5.74) is 1.58. The van der Waals surface area contributed by atoms with E-state index in [9.17, 15) is 22.4 Å². The Morgan fingerprint density at radius 3 is 1.96 bits per heavy atom. The van der Waals surface area contributed by atoms with Crippen LogP contribution in [0.5, 0.6) is 5.75 Å². The summed E-state index contributed by atoms with van der Waals surface area (Å²) in [6.07, 6.45) is 1.14. The van der Waals surface area contributed by atoms with Gasteiger partial charge in [-0.25, -0.2) is 12.8 Å². The van der Waals surface area contributed by atoms with Gasteiger partial charge in [0.15, 0.2) is 0 Å². The lowest BCUT2D eigenvalue weighted by atomic mass is 10.0. The minimum atomic E-state index is -3.96. The van der Waals surface area contributed by atoms with Gasteiger partial charge in [-0.15, -0.1) is 0 Å². The molecule has 46 heavy (non-hydrogen) atoms. The minimum Gasteiger partial charge on any atom is -0.489 e. The molecule has 4 aromatic rings. The average Bonchev–Trinajstić information content (AvgIpc) is 3.01. The van der Waals surface area contributed by atoms with Gasteiger partial charge in [-0.05, 0) is 62.2 Å². The van der Waals surface area contributed by atoms with E-state index in [1.807, 2.05) is 81.4 Å². The molecule has 8 nitrogen and oxygen atoms in total. The molecule has 1 unspecified atom stereocenters. The van der Waals surface area contributed by atoms with Gasteiger partial charge in [0.1, 0.15) is 30.8 Å². The summed E-state index contributed by atoms with van der Waals surface area (Å²) in [7, 11) is -3.96. The number of carbonyl (C=O) groups excluding carboxylic acids is 2. The van der Waals surface area contributed by atoms with E-state index >= 15 is 0 Å². The molecule has 1 N–H and O–H groups in total. The van der Waals surface area contributed by atoms with Crippen LogP contribution in [0, 0.1) is 5.82 Å². The molecule has 0 fully saturated rings. The van der Waals surface area contributed by atoms with E-state index in [4.69, 9.17) is 4.74 Å². The monoisotopic (exact) mass is 645 g/mol. The number of hydrogen-bond acceptors (Lipinski definition) is 5. The van der Waals surface area contributed by atoms with E-state index in [1.165, 1.54) is 17.0 Å². The van der Waals surface area contributed by atoms with E-state index < -0.39 is 45.8 Å². The lowest BCUT2D eigenvalue weighted by molar-refractivity contribution is -0.140. The zero-order chi connectivity index (χ0) is 33.3. The Balaban J connectivity index is 1.66. The Bertz CT molecular complexity index is 1710. The maximum atomic E-state index is 14.9. The Hall–Kier alpha value is -4.70. The van der Waals surface area contributed by atoms with E-state index in [2.05, 4.69) is 5.32 Å². The predicted molar refractivity (Wildman–Crippen MR) is 178 cm³/mol. The zero-order valence-electron chi connectivity index (χ0n) is 26.5. The van der Waals surface area contributed by atoms with Crippen molar-refractivity contribution in [2.24, 2.45) is 0 Å². The summed E-state index contributed by atoms with van der Waals surface area (Å²) in [6.45, 7) is 4.96. The van der Waals surface area contributed by atoms with Gasteiger partial charge in [0, 0.05) is 24.1 Å². The van der Waals surface area contributed by atoms with Crippen LogP contribution in [0.3, 0.4) is 0 Å². The van der Waals surface area contributed by atoms with Crippen LogP contribution in [0.25, 0.3) is 0 Å². The molecule has 2 amide bonds. The fraction of sp³-hybridized carbons (Fsp3) is 0.278. The fourth-order valence-electron chi connectivity index (χ4n) is 4.88. The second kappa shape index (κ2) is 15.1. The molecule has 4 rings (SSSR count). The molecular weight excluding hydrogens is 605 g/mol. The Morgan fingerprint density at radius 2 is 1.39 bits per heavy atom. The number of nitrogens with zero attached hydrogens (tertiary/aromatic N) is 2. The third-order valence-corrected chi connectivity index (χ3v) is 8.26. The van der Waals surface area contributed by atoms with Crippen molar-refractivity contribution in [3.8, 4) is 5.75 Å². The SMILES string of the molecule is CC(C)(C)NC(=O)C(Cc1ccccc1)N(Cc1ccccc1F)C(=O)CN(c1ccc(OCc2ccccc2)cc1)S(C)(=O)=O. The van der Waals surface area contributed by atoms with Crippen molar-refractivity contribution in [3.05, 3.63) is 132 Å². The molecule has 4 aromatic carbocycles. The summed E-state index contributed by atoms with van der Waals surface area (Å²) in [4.78, 5) is 29.3. The standard InChI is InChI=1S/C36H40FN3O5S/c1-36(2,3)38-35(42)33(23-27-13-7-5-8-14-27)39(24-29-17-11-12-18-32(29)37)34(41)25-40(46(4,43)44)30-19-21-31(22-20-30)45-26-28-15-9-6-10-16-28/h5-22,33H,23-26H2,1-4H3,(H,38,42). The van der Waals surface area contributed by atoms with Crippen molar-refractivity contribution < 1.29 is 27.1 Å². The highest BCUT2D eigenvalue weighted by Gasteiger charge is 2.34. The van der Waals surface area contributed by atoms with Gasteiger partial charge >= 0.3 is 0 Å². The van der Waals surface area contributed by atoms with Crippen LogP contribution in [0.4, 0.5) is 10.1 Å². The van der Waals surface area contributed by atoms with Crippen molar-refractivity contribution in [3.63, 3.8) is 0 Å². The molecule has 0 bridgehead atoms. The van der Waals surface area contributed by atoms with Crippen molar-refractivity contribution in [2.45, 2.75) is 51.9 Å². The largest absolute Gasteiger partial charge is 0.489 e. The highest BCUT2D eigenvalue weighted by molar-refractivity contribution is 7.92. The smallest absolute Gasteiger partial charge is 0.244 e. The quantitative estimate of drug-likeness (QED) is 0.201. The van der Waals surface area contributed by atoms with E-state index in [0.29, 0.717) is 12.4 Å². The van der Waals surface area contributed by atoms with Crippen LogP contribution in [0.1, 0.15) is 37.5 Å². The first-order valence-corrected chi connectivity index (χ1v) is 16.8. The highest BCUT2D eigenvalue weighted by Crippen LogP contribution is 2.24. The number of sulfonamides is 1. The first kappa shape index (κ1) is 34.2. The molecule has 0 radical (unpaired) electrons. The predicted octanol–water partition coefficient (Wildman–Crippen LogP) is 5.73. The number of rotatable bonds is 13. The first-order chi connectivity index (χ1) is 21.8. The summed E-state index contributed by atoms with van der Waals surface area (Å²) in [5, 5.41) is 2.95. The van der Waals surface area contributed by atoms with Crippen molar-refractivity contribution in [1.82, 2.24) is 10.2 Å². The van der Waals surface area contributed by atoms with Crippen molar-refractivity contribution >= 4 is 27.5 Å². The lowest BCUT2D eigenvalue weighted by Gasteiger charge is -2.35. The summed E-state index contributed by atoms with van der Waals surface area (Å²) in [5.74, 6) is -1.12. The maximum absolute atomic E-state index is 14.9. The van der Waals surface area contributed by atoms with Gasteiger partial charge in [0.25, 0.3) is 0 Å². The molecule has 0 spiro atoms. The summed E-state index contributed by atoms with van der Waals surface area (Å²) < 4.78 is 47.9. The summed E-state index contributed by atoms with van der Waals surface area (Å²) in [6, 6.07) is 30.1. The molecule has 1 atom stereocenters. The molecule has 242 valence electrons. The van der Waals surface area contributed by atoms with Crippen LogP contribution in [-0.2, 0) is 39.2 Å². The topological polar surface area (TPSA) is 96.0 Å².